The van der Waals surface area contributed by atoms with Crippen LogP contribution in [0.4, 0.5) is 6.01 Å². The predicted molar refractivity (Wildman–Crippen MR) is 62.4 cm³/mol. The summed E-state index contributed by atoms with van der Waals surface area (Å²) >= 11 is 0. The molecule has 0 spiro atoms. The average Bonchev–Trinajstić information content (AvgIpc) is 2.78. The summed E-state index contributed by atoms with van der Waals surface area (Å²) in [6.45, 7) is 6.86. The lowest BCUT2D eigenvalue weighted by molar-refractivity contribution is 0.364. The first kappa shape index (κ1) is 11.4. The molecule has 1 saturated heterocycles. The largest absolute Gasteiger partial charge is 0.330 e. The summed E-state index contributed by atoms with van der Waals surface area (Å²) in [5, 5.41) is 3.98. The Morgan fingerprint density at radius 1 is 1.44 bits per heavy atom. The van der Waals surface area contributed by atoms with Crippen molar-refractivity contribution in [3.63, 3.8) is 0 Å². The Balaban J connectivity index is 1.97. The van der Waals surface area contributed by atoms with E-state index in [1.807, 2.05) is 0 Å². The van der Waals surface area contributed by atoms with E-state index in [4.69, 9.17) is 10.3 Å². The van der Waals surface area contributed by atoms with E-state index < -0.39 is 0 Å². The van der Waals surface area contributed by atoms with Crippen LogP contribution in [0.15, 0.2) is 4.52 Å². The highest BCUT2D eigenvalue weighted by Gasteiger charge is 2.22. The molecule has 1 aromatic rings. The lowest BCUT2D eigenvalue weighted by Gasteiger charge is -2.29. The molecule has 0 unspecified atom stereocenters. The van der Waals surface area contributed by atoms with Gasteiger partial charge in [-0.1, -0.05) is 19.0 Å². The minimum atomic E-state index is 0.319. The number of piperidine rings is 1. The van der Waals surface area contributed by atoms with E-state index in [2.05, 4.69) is 28.9 Å². The maximum atomic E-state index is 5.66. The van der Waals surface area contributed by atoms with Crippen molar-refractivity contribution in [2.45, 2.75) is 32.6 Å². The molecule has 0 bridgehead atoms. The number of nitrogens with two attached hydrogens (primary N) is 1. The predicted octanol–water partition coefficient (Wildman–Crippen LogP) is 1.37. The van der Waals surface area contributed by atoms with Gasteiger partial charge in [-0.3, -0.25) is 0 Å². The Kier molecular flexibility index (Phi) is 3.43. The minimum absolute atomic E-state index is 0.319. The van der Waals surface area contributed by atoms with Crippen LogP contribution in [0.2, 0.25) is 0 Å². The van der Waals surface area contributed by atoms with Crippen molar-refractivity contribution in [3.8, 4) is 0 Å². The van der Waals surface area contributed by atoms with E-state index in [1.54, 1.807) is 0 Å². The maximum Gasteiger partial charge on any atom is 0.324 e. The Morgan fingerprint density at radius 2 is 2.12 bits per heavy atom. The van der Waals surface area contributed by atoms with Crippen molar-refractivity contribution >= 4 is 6.01 Å². The lowest BCUT2D eigenvalue weighted by atomic mass is 9.97. The highest BCUT2D eigenvalue weighted by molar-refractivity contribution is 5.26. The normalized spacial score (nSPS) is 18.4. The SMILES string of the molecule is CC(C)c1noc(N2CCC(CN)CC2)n1. The first-order valence-electron chi connectivity index (χ1n) is 5.99. The van der Waals surface area contributed by atoms with E-state index in [0.29, 0.717) is 17.9 Å². The molecule has 0 radical (unpaired) electrons. The summed E-state index contributed by atoms with van der Waals surface area (Å²) in [6.07, 6.45) is 2.24. The van der Waals surface area contributed by atoms with Gasteiger partial charge in [-0.15, -0.1) is 0 Å². The molecule has 2 heterocycles. The molecule has 0 aromatic carbocycles. The first-order valence-corrected chi connectivity index (χ1v) is 5.99. The van der Waals surface area contributed by atoms with Gasteiger partial charge in [0.15, 0.2) is 5.82 Å². The maximum absolute atomic E-state index is 5.66. The molecule has 1 aromatic heterocycles. The zero-order valence-electron chi connectivity index (χ0n) is 10.0. The summed E-state index contributed by atoms with van der Waals surface area (Å²) in [7, 11) is 0. The number of nitrogens with zero attached hydrogens (tertiary/aromatic N) is 3. The third-order valence-electron chi connectivity index (χ3n) is 3.17. The molecule has 0 atom stereocenters. The molecule has 90 valence electrons. The summed E-state index contributed by atoms with van der Waals surface area (Å²) in [6, 6.07) is 0.666. The van der Waals surface area contributed by atoms with Gasteiger partial charge in [0.05, 0.1) is 0 Å². The number of hydrogen-bond donors (Lipinski definition) is 1. The van der Waals surface area contributed by atoms with Crippen LogP contribution in [0.25, 0.3) is 0 Å². The van der Waals surface area contributed by atoms with Crippen molar-refractivity contribution in [2.24, 2.45) is 11.7 Å². The average molecular weight is 224 g/mol. The molecular formula is C11H20N4O. The smallest absolute Gasteiger partial charge is 0.324 e. The Bertz CT molecular complexity index is 328. The second kappa shape index (κ2) is 4.82. The van der Waals surface area contributed by atoms with Gasteiger partial charge in [0.25, 0.3) is 0 Å². The third-order valence-corrected chi connectivity index (χ3v) is 3.17. The molecular weight excluding hydrogens is 204 g/mol. The molecule has 0 aliphatic carbocycles. The topological polar surface area (TPSA) is 68.2 Å². The summed E-state index contributed by atoms with van der Waals surface area (Å²) < 4.78 is 5.27. The molecule has 16 heavy (non-hydrogen) atoms. The summed E-state index contributed by atoms with van der Waals surface area (Å²) in [4.78, 5) is 6.56. The molecule has 1 fully saturated rings. The lowest BCUT2D eigenvalue weighted by Crippen LogP contribution is -2.36. The minimum Gasteiger partial charge on any atom is -0.330 e. The van der Waals surface area contributed by atoms with Gasteiger partial charge in [0, 0.05) is 19.0 Å². The van der Waals surface area contributed by atoms with Crippen LogP contribution < -0.4 is 10.6 Å². The number of aromatic nitrogens is 2. The standard InChI is InChI=1S/C11H20N4O/c1-8(2)10-13-11(16-14-10)15-5-3-9(7-12)4-6-15/h8-9H,3-7,12H2,1-2H3. The molecule has 1 aliphatic heterocycles. The monoisotopic (exact) mass is 224 g/mol. The van der Waals surface area contributed by atoms with Crippen LogP contribution in [0, 0.1) is 5.92 Å². The molecule has 2 N–H and O–H groups in total. The van der Waals surface area contributed by atoms with Crippen molar-refractivity contribution in [2.75, 3.05) is 24.5 Å². The van der Waals surface area contributed by atoms with Gasteiger partial charge >= 0.3 is 6.01 Å². The quantitative estimate of drug-likeness (QED) is 0.839. The summed E-state index contributed by atoms with van der Waals surface area (Å²) in [5.74, 6) is 1.76. The molecule has 0 amide bonds. The van der Waals surface area contributed by atoms with Crippen LogP contribution in [-0.2, 0) is 0 Å². The van der Waals surface area contributed by atoms with E-state index >= 15 is 0 Å². The van der Waals surface area contributed by atoms with Crippen LogP contribution in [0.5, 0.6) is 0 Å². The van der Waals surface area contributed by atoms with Gasteiger partial charge in [-0.05, 0) is 25.3 Å². The molecule has 2 rings (SSSR count). The molecule has 5 nitrogen and oxygen atoms in total. The third kappa shape index (κ3) is 2.35. The van der Waals surface area contributed by atoms with Crippen molar-refractivity contribution in [3.05, 3.63) is 5.82 Å². The number of hydrogen-bond acceptors (Lipinski definition) is 5. The fraction of sp³-hybridized carbons (Fsp3) is 0.818. The summed E-state index contributed by atoms with van der Waals surface area (Å²) in [5.41, 5.74) is 5.66. The molecule has 1 aliphatic rings. The fourth-order valence-corrected chi connectivity index (χ4v) is 1.95. The highest BCUT2D eigenvalue weighted by Crippen LogP contribution is 2.22. The molecule has 5 heteroatoms. The van der Waals surface area contributed by atoms with E-state index in [-0.39, 0.29) is 0 Å². The van der Waals surface area contributed by atoms with Gasteiger partial charge in [0.1, 0.15) is 0 Å². The highest BCUT2D eigenvalue weighted by atomic mass is 16.5. The van der Waals surface area contributed by atoms with E-state index in [9.17, 15) is 0 Å². The zero-order chi connectivity index (χ0) is 11.5. The van der Waals surface area contributed by atoms with Gasteiger partial charge < -0.3 is 15.2 Å². The van der Waals surface area contributed by atoms with Crippen LogP contribution in [-0.4, -0.2) is 29.8 Å². The first-order chi connectivity index (χ1) is 7.70. The van der Waals surface area contributed by atoms with Crippen LogP contribution in [0.3, 0.4) is 0 Å². The molecule has 0 saturated carbocycles. The number of rotatable bonds is 3. The van der Waals surface area contributed by atoms with Crippen molar-refractivity contribution in [1.29, 1.82) is 0 Å². The Morgan fingerprint density at radius 3 is 2.62 bits per heavy atom. The second-order valence-corrected chi connectivity index (χ2v) is 4.76. The van der Waals surface area contributed by atoms with Gasteiger partial charge in [-0.2, -0.15) is 4.98 Å². The van der Waals surface area contributed by atoms with Crippen LogP contribution >= 0.6 is 0 Å². The van der Waals surface area contributed by atoms with Gasteiger partial charge in [0.2, 0.25) is 0 Å². The van der Waals surface area contributed by atoms with Gasteiger partial charge in [-0.25, -0.2) is 0 Å². The zero-order valence-corrected chi connectivity index (χ0v) is 10.0. The van der Waals surface area contributed by atoms with Crippen LogP contribution in [0.1, 0.15) is 38.4 Å². The van der Waals surface area contributed by atoms with Crippen molar-refractivity contribution < 1.29 is 4.52 Å². The Hall–Kier alpha value is -1.10. The Labute approximate surface area is 96.0 Å². The second-order valence-electron chi connectivity index (χ2n) is 4.76. The van der Waals surface area contributed by atoms with Crippen molar-refractivity contribution in [1.82, 2.24) is 10.1 Å². The van der Waals surface area contributed by atoms with E-state index in [0.717, 1.165) is 38.3 Å². The number of anilines is 1. The van der Waals surface area contributed by atoms with E-state index in [1.165, 1.54) is 0 Å². The fourth-order valence-electron chi connectivity index (χ4n) is 1.95.